The highest BCUT2D eigenvalue weighted by molar-refractivity contribution is 7.92. The van der Waals surface area contributed by atoms with E-state index in [-0.39, 0.29) is 33.6 Å². The van der Waals surface area contributed by atoms with Crippen LogP contribution in [0.4, 0.5) is 11.4 Å². The smallest absolute Gasteiger partial charge is 0.264 e. The van der Waals surface area contributed by atoms with Crippen LogP contribution in [0.5, 0.6) is 11.5 Å². The van der Waals surface area contributed by atoms with E-state index in [0.29, 0.717) is 10.8 Å². The van der Waals surface area contributed by atoms with Gasteiger partial charge < -0.3 is 20.1 Å². The van der Waals surface area contributed by atoms with Gasteiger partial charge in [0.15, 0.2) is 11.5 Å². The van der Waals surface area contributed by atoms with Gasteiger partial charge in [0, 0.05) is 11.1 Å². The number of sulfonamides is 1. The van der Waals surface area contributed by atoms with Gasteiger partial charge in [0.05, 0.1) is 42.1 Å². The fraction of sp³-hybridized carbons (Fsp3) is 0.161. The standard InChI is InChI=1S/C31H30ClN3O6S/c1-21(22-9-5-4-6-10-22)33-31(37)26-11-7-8-12-27(26)34-30(36)20-35(24-15-13-23(32)14-16-24)42(38,39)25-17-18-28(40-2)29(19-25)41-3/h4-19,21H,20H2,1-3H3,(H,33,37)(H,34,36)/t21-/m0/s1. The first-order valence-corrected chi connectivity index (χ1v) is 14.7. The summed E-state index contributed by atoms with van der Waals surface area (Å²) in [6, 6.07) is 25.9. The monoisotopic (exact) mass is 607 g/mol. The maximum absolute atomic E-state index is 13.9. The Hall–Kier alpha value is -4.54. The minimum absolute atomic E-state index is 0.113. The van der Waals surface area contributed by atoms with E-state index in [1.54, 1.807) is 24.3 Å². The third kappa shape index (κ3) is 7.02. The van der Waals surface area contributed by atoms with Crippen LogP contribution in [-0.2, 0) is 14.8 Å². The number of hydrogen-bond acceptors (Lipinski definition) is 6. The minimum atomic E-state index is -4.27. The van der Waals surface area contributed by atoms with Gasteiger partial charge in [0.25, 0.3) is 15.9 Å². The van der Waals surface area contributed by atoms with Crippen molar-refractivity contribution in [3.8, 4) is 11.5 Å². The third-order valence-electron chi connectivity index (χ3n) is 6.44. The first-order valence-electron chi connectivity index (χ1n) is 12.9. The zero-order valence-corrected chi connectivity index (χ0v) is 24.8. The molecule has 0 fully saturated rings. The van der Waals surface area contributed by atoms with Crippen LogP contribution in [0.15, 0.2) is 102 Å². The van der Waals surface area contributed by atoms with Gasteiger partial charge >= 0.3 is 0 Å². The molecular formula is C31H30ClN3O6S. The minimum Gasteiger partial charge on any atom is -0.493 e. The Morgan fingerprint density at radius 1 is 0.857 bits per heavy atom. The summed E-state index contributed by atoms with van der Waals surface area (Å²) in [7, 11) is -1.43. The average molecular weight is 608 g/mol. The second kappa shape index (κ2) is 13.4. The Labute approximate surface area is 250 Å². The number of para-hydroxylation sites is 1. The number of rotatable bonds is 11. The van der Waals surface area contributed by atoms with Gasteiger partial charge in [0.2, 0.25) is 5.91 Å². The largest absolute Gasteiger partial charge is 0.493 e. The fourth-order valence-corrected chi connectivity index (χ4v) is 5.80. The summed E-state index contributed by atoms with van der Waals surface area (Å²) >= 11 is 6.04. The third-order valence-corrected chi connectivity index (χ3v) is 8.46. The summed E-state index contributed by atoms with van der Waals surface area (Å²) in [6.45, 7) is 1.27. The molecular weight excluding hydrogens is 578 g/mol. The van der Waals surface area contributed by atoms with Gasteiger partial charge in [-0.05, 0) is 61.0 Å². The van der Waals surface area contributed by atoms with Crippen molar-refractivity contribution in [2.45, 2.75) is 17.9 Å². The number of amides is 2. The molecule has 0 aromatic heterocycles. The highest BCUT2D eigenvalue weighted by Gasteiger charge is 2.29. The van der Waals surface area contributed by atoms with E-state index >= 15 is 0 Å². The lowest BCUT2D eigenvalue weighted by Gasteiger charge is -2.25. The number of nitrogens with zero attached hydrogens (tertiary/aromatic N) is 1. The Kier molecular flexibility index (Phi) is 9.72. The number of methoxy groups -OCH3 is 2. The lowest BCUT2D eigenvalue weighted by Crippen LogP contribution is -2.38. The van der Waals surface area contributed by atoms with E-state index < -0.39 is 28.4 Å². The Bertz CT molecular complexity index is 1660. The van der Waals surface area contributed by atoms with Crippen molar-refractivity contribution in [3.05, 3.63) is 113 Å². The number of carbonyl (C=O) groups excluding carboxylic acids is 2. The van der Waals surface area contributed by atoms with Crippen LogP contribution < -0.4 is 24.4 Å². The molecule has 42 heavy (non-hydrogen) atoms. The molecule has 0 aliphatic carbocycles. The van der Waals surface area contributed by atoms with Crippen LogP contribution in [0, 0.1) is 0 Å². The first-order chi connectivity index (χ1) is 20.1. The molecule has 4 aromatic carbocycles. The van der Waals surface area contributed by atoms with Crippen molar-refractivity contribution in [1.82, 2.24) is 5.32 Å². The molecule has 218 valence electrons. The van der Waals surface area contributed by atoms with E-state index in [1.807, 2.05) is 37.3 Å². The summed E-state index contributed by atoms with van der Waals surface area (Å²) in [6.07, 6.45) is 0. The van der Waals surface area contributed by atoms with Crippen molar-refractivity contribution in [2.24, 2.45) is 0 Å². The maximum Gasteiger partial charge on any atom is 0.264 e. The van der Waals surface area contributed by atoms with Crippen LogP contribution in [0.2, 0.25) is 5.02 Å². The predicted octanol–water partition coefficient (Wildman–Crippen LogP) is 5.68. The summed E-state index contributed by atoms with van der Waals surface area (Å²) < 4.78 is 39.2. The van der Waals surface area contributed by atoms with Gasteiger partial charge in [-0.15, -0.1) is 0 Å². The number of carbonyl (C=O) groups is 2. The van der Waals surface area contributed by atoms with Crippen molar-refractivity contribution < 1.29 is 27.5 Å². The first kappa shape index (κ1) is 30.4. The Morgan fingerprint density at radius 2 is 1.50 bits per heavy atom. The second-order valence-electron chi connectivity index (χ2n) is 9.20. The van der Waals surface area contributed by atoms with E-state index in [0.717, 1.165) is 9.87 Å². The zero-order chi connectivity index (χ0) is 30.3. The topological polar surface area (TPSA) is 114 Å². The molecule has 0 aliphatic heterocycles. The van der Waals surface area contributed by atoms with Gasteiger partial charge in [-0.25, -0.2) is 8.42 Å². The molecule has 11 heteroatoms. The lowest BCUT2D eigenvalue weighted by atomic mass is 10.1. The van der Waals surface area contributed by atoms with Crippen LogP contribution in [0.3, 0.4) is 0 Å². The van der Waals surface area contributed by atoms with E-state index in [4.69, 9.17) is 21.1 Å². The molecule has 0 unspecified atom stereocenters. The van der Waals surface area contributed by atoms with E-state index in [2.05, 4.69) is 10.6 Å². The summed E-state index contributed by atoms with van der Waals surface area (Å²) in [5.41, 5.74) is 1.60. The molecule has 1 atom stereocenters. The molecule has 0 radical (unpaired) electrons. The Morgan fingerprint density at radius 3 is 2.17 bits per heavy atom. The highest BCUT2D eigenvalue weighted by Crippen LogP contribution is 2.32. The molecule has 0 saturated heterocycles. The number of benzene rings is 4. The number of halogens is 1. The van der Waals surface area contributed by atoms with Gasteiger partial charge in [-0.2, -0.15) is 0 Å². The van der Waals surface area contributed by atoms with Gasteiger partial charge in [-0.1, -0.05) is 54.1 Å². The van der Waals surface area contributed by atoms with Gasteiger partial charge in [0.1, 0.15) is 6.54 Å². The number of anilines is 2. The summed E-state index contributed by atoms with van der Waals surface area (Å²) in [4.78, 5) is 26.4. The van der Waals surface area contributed by atoms with Gasteiger partial charge in [-0.3, -0.25) is 13.9 Å². The van der Waals surface area contributed by atoms with E-state index in [1.165, 1.54) is 56.7 Å². The average Bonchev–Trinajstić information content (AvgIpc) is 3.00. The molecule has 0 spiro atoms. The number of nitrogens with one attached hydrogen (secondary N) is 2. The number of ether oxygens (including phenoxy) is 2. The molecule has 4 aromatic rings. The van der Waals surface area contributed by atoms with Crippen LogP contribution in [0.25, 0.3) is 0 Å². The molecule has 2 amide bonds. The molecule has 0 heterocycles. The van der Waals surface area contributed by atoms with Crippen LogP contribution >= 0.6 is 11.6 Å². The zero-order valence-electron chi connectivity index (χ0n) is 23.2. The van der Waals surface area contributed by atoms with Crippen molar-refractivity contribution in [1.29, 1.82) is 0 Å². The normalized spacial score (nSPS) is 11.7. The number of hydrogen-bond donors (Lipinski definition) is 2. The van der Waals surface area contributed by atoms with Crippen LogP contribution in [-0.4, -0.2) is 41.0 Å². The maximum atomic E-state index is 13.9. The molecule has 4 rings (SSSR count). The summed E-state index contributed by atoms with van der Waals surface area (Å²) in [5.74, 6) is -0.493. The quantitative estimate of drug-likeness (QED) is 0.227. The second-order valence-corrected chi connectivity index (χ2v) is 11.5. The van der Waals surface area contributed by atoms with Crippen molar-refractivity contribution in [3.63, 3.8) is 0 Å². The molecule has 0 aliphatic rings. The Balaban J connectivity index is 1.61. The summed E-state index contributed by atoms with van der Waals surface area (Å²) in [5, 5.41) is 6.04. The van der Waals surface area contributed by atoms with E-state index in [9.17, 15) is 18.0 Å². The predicted molar refractivity (Wildman–Crippen MR) is 163 cm³/mol. The highest BCUT2D eigenvalue weighted by atomic mass is 35.5. The van der Waals surface area contributed by atoms with Crippen molar-refractivity contribution in [2.75, 3.05) is 30.4 Å². The van der Waals surface area contributed by atoms with Crippen LogP contribution in [0.1, 0.15) is 28.9 Å². The molecule has 2 N–H and O–H groups in total. The fourth-order valence-electron chi connectivity index (χ4n) is 4.24. The molecule has 0 saturated carbocycles. The SMILES string of the molecule is COc1ccc(S(=O)(=O)N(CC(=O)Nc2ccccc2C(=O)N[C@@H](C)c2ccccc2)c2ccc(Cl)cc2)cc1OC. The molecule has 0 bridgehead atoms. The lowest BCUT2D eigenvalue weighted by molar-refractivity contribution is -0.114. The molecule has 9 nitrogen and oxygen atoms in total. The van der Waals surface area contributed by atoms with Crippen molar-refractivity contribution >= 4 is 44.8 Å².